The lowest BCUT2D eigenvalue weighted by atomic mass is 10.2. The van der Waals surface area contributed by atoms with Gasteiger partial charge in [-0.15, -0.1) is 0 Å². The lowest BCUT2D eigenvalue weighted by molar-refractivity contribution is 0.262. The average Bonchev–Trinajstić information content (AvgIpc) is 2.88. The van der Waals surface area contributed by atoms with Crippen LogP contribution in [0.25, 0.3) is 10.3 Å². The molecular weight excluding hydrogens is 317 g/mol. The minimum atomic E-state index is -0.690. The number of nitrogens with zero attached hydrogens (tertiary/aromatic N) is 3. The molecule has 2 amide bonds. The van der Waals surface area contributed by atoms with Crippen LogP contribution >= 0.6 is 11.3 Å². The molecule has 0 aliphatic rings. The van der Waals surface area contributed by atoms with E-state index >= 15 is 0 Å². The minimum absolute atomic E-state index is 0.0800. The summed E-state index contributed by atoms with van der Waals surface area (Å²) in [5, 5.41) is 14.1. The van der Waals surface area contributed by atoms with Crippen molar-refractivity contribution in [1.29, 1.82) is 5.26 Å². The second kappa shape index (κ2) is 5.98. The number of aromatic nitrogens is 2. The molecule has 8 heteroatoms. The zero-order chi connectivity index (χ0) is 16.4. The summed E-state index contributed by atoms with van der Waals surface area (Å²) in [5.41, 5.74) is 1.73. The van der Waals surface area contributed by atoms with Crippen molar-refractivity contribution in [2.75, 3.05) is 10.6 Å². The number of rotatable bonds is 2. The number of nitrogens with one attached hydrogen (secondary N) is 2. The highest BCUT2D eigenvalue weighted by atomic mass is 32.1. The van der Waals surface area contributed by atoms with Crippen molar-refractivity contribution in [2.24, 2.45) is 0 Å². The summed E-state index contributed by atoms with van der Waals surface area (Å²) in [6.45, 7) is 1.87. The van der Waals surface area contributed by atoms with E-state index in [0.717, 1.165) is 16.6 Å². The fourth-order valence-corrected chi connectivity index (χ4v) is 2.78. The van der Waals surface area contributed by atoms with E-state index in [4.69, 9.17) is 5.26 Å². The number of hydrogen-bond donors (Lipinski definition) is 2. The Balaban J connectivity index is 1.73. The molecule has 3 aromatic rings. The summed E-state index contributed by atoms with van der Waals surface area (Å²) in [4.78, 5) is 21.2. The Bertz CT molecular complexity index is 947. The summed E-state index contributed by atoms with van der Waals surface area (Å²) in [6, 6.07) is 8.67. The minimum Gasteiger partial charge on any atom is -0.308 e. The average molecular weight is 327 g/mol. The number of nitriles is 1. The topological polar surface area (TPSA) is 90.7 Å². The van der Waals surface area contributed by atoms with Gasteiger partial charge in [-0.1, -0.05) is 11.3 Å². The number of urea groups is 1. The second-order valence-electron chi connectivity index (χ2n) is 4.68. The number of carbonyl (C=O) groups excluding carboxylic acids is 1. The number of thiazole rings is 1. The molecule has 0 unspecified atom stereocenters. The highest BCUT2D eigenvalue weighted by Crippen LogP contribution is 2.24. The monoisotopic (exact) mass is 327 g/mol. The molecule has 0 saturated carbocycles. The van der Waals surface area contributed by atoms with Crippen LogP contribution in [0, 0.1) is 24.1 Å². The molecule has 0 spiro atoms. The molecule has 0 bridgehead atoms. The fraction of sp³-hybridized carbons (Fsp3) is 0.0667. The van der Waals surface area contributed by atoms with Gasteiger partial charge in [-0.2, -0.15) is 5.26 Å². The maximum atomic E-state index is 13.5. The molecule has 23 heavy (non-hydrogen) atoms. The van der Waals surface area contributed by atoms with Crippen LogP contribution in [-0.4, -0.2) is 16.0 Å². The van der Waals surface area contributed by atoms with Gasteiger partial charge < -0.3 is 5.32 Å². The van der Waals surface area contributed by atoms with Gasteiger partial charge in [0.25, 0.3) is 0 Å². The van der Waals surface area contributed by atoms with Crippen molar-refractivity contribution in [3.63, 3.8) is 0 Å². The van der Waals surface area contributed by atoms with Gasteiger partial charge in [0.15, 0.2) is 5.13 Å². The molecule has 114 valence electrons. The normalized spacial score (nSPS) is 10.3. The lowest BCUT2D eigenvalue weighted by Crippen LogP contribution is -2.19. The first-order valence-corrected chi connectivity index (χ1v) is 7.38. The number of hydrogen-bond acceptors (Lipinski definition) is 5. The van der Waals surface area contributed by atoms with E-state index in [1.54, 1.807) is 6.07 Å². The van der Waals surface area contributed by atoms with E-state index in [-0.39, 0.29) is 11.3 Å². The van der Waals surface area contributed by atoms with Gasteiger partial charge in [0.05, 0.1) is 5.56 Å². The standard InChI is InChI=1S/C15H10FN5OS/c1-8-2-5-12-13(18-8)23-15(20-12)21-14(22)19-10-4-3-9(7-17)11(16)6-10/h2-6H,1H3,(H2,19,20,21,22). The number of amides is 2. The molecule has 0 atom stereocenters. The maximum absolute atomic E-state index is 13.5. The molecule has 2 aromatic heterocycles. The Morgan fingerprint density at radius 3 is 2.83 bits per heavy atom. The molecule has 0 aliphatic heterocycles. The number of fused-ring (bicyclic) bond motifs is 1. The van der Waals surface area contributed by atoms with Crippen LogP contribution in [0.4, 0.5) is 20.0 Å². The number of carbonyl (C=O) groups is 1. The third kappa shape index (κ3) is 3.25. The molecule has 0 radical (unpaired) electrons. The van der Waals surface area contributed by atoms with Crippen molar-refractivity contribution in [2.45, 2.75) is 6.92 Å². The number of benzene rings is 1. The Morgan fingerprint density at radius 2 is 2.09 bits per heavy atom. The SMILES string of the molecule is Cc1ccc2nc(NC(=O)Nc3ccc(C#N)c(F)c3)sc2n1. The molecule has 0 fully saturated rings. The first-order valence-electron chi connectivity index (χ1n) is 6.57. The summed E-state index contributed by atoms with van der Waals surface area (Å²) in [5.74, 6) is -0.690. The van der Waals surface area contributed by atoms with E-state index in [1.165, 1.54) is 23.5 Å². The van der Waals surface area contributed by atoms with Crippen LogP contribution in [0.5, 0.6) is 0 Å². The van der Waals surface area contributed by atoms with Gasteiger partial charge in [-0.05, 0) is 37.3 Å². The van der Waals surface area contributed by atoms with Crippen molar-refractivity contribution in [3.05, 3.63) is 47.4 Å². The van der Waals surface area contributed by atoms with Gasteiger partial charge >= 0.3 is 6.03 Å². The van der Waals surface area contributed by atoms with E-state index in [0.29, 0.717) is 10.6 Å². The zero-order valence-electron chi connectivity index (χ0n) is 11.9. The number of aryl methyl sites for hydroxylation is 1. The Hall–Kier alpha value is -3.05. The van der Waals surface area contributed by atoms with E-state index in [9.17, 15) is 9.18 Å². The molecule has 3 rings (SSSR count). The number of anilines is 2. The smallest absolute Gasteiger partial charge is 0.308 e. The fourth-order valence-electron chi connectivity index (χ4n) is 1.91. The predicted molar refractivity (Wildman–Crippen MR) is 85.9 cm³/mol. The molecule has 6 nitrogen and oxygen atoms in total. The van der Waals surface area contributed by atoms with Crippen LogP contribution in [0.1, 0.15) is 11.3 Å². The van der Waals surface area contributed by atoms with Crippen molar-refractivity contribution >= 4 is 38.5 Å². The summed E-state index contributed by atoms with van der Waals surface area (Å²) >= 11 is 1.25. The predicted octanol–water partition coefficient (Wildman–Crippen LogP) is 3.65. The van der Waals surface area contributed by atoms with Crippen molar-refractivity contribution in [3.8, 4) is 6.07 Å². The largest absolute Gasteiger partial charge is 0.325 e. The molecule has 2 heterocycles. The first kappa shape index (κ1) is 14.9. The number of halogens is 1. The molecular formula is C15H10FN5OS. The van der Waals surface area contributed by atoms with Crippen molar-refractivity contribution in [1.82, 2.24) is 9.97 Å². The highest BCUT2D eigenvalue weighted by Gasteiger charge is 2.10. The Labute approximate surface area is 134 Å². The van der Waals surface area contributed by atoms with Crippen molar-refractivity contribution < 1.29 is 9.18 Å². The van der Waals surface area contributed by atoms with Gasteiger partial charge in [0, 0.05) is 11.4 Å². The molecule has 0 aliphatic carbocycles. The van der Waals surface area contributed by atoms with Crippen LogP contribution < -0.4 is 10.6 Å². The van der Waals surface area contributed by atoms with Crippen LogP contribution in [0.3, 0.4) is 0 Å². The molecule has 1 aromatic carbocycles. The third-order valence-corrected chi connectivity index (χ3v) is 3.84. The summed E-state index contributed by atoms with van der Waals surface area (Å²) in [6.07, 6.45) is 0. The van der Waals surface area contributed by atoms with Gasteiger partial charge in [0.2, 0.25) is 0 Å². The Kier molecular flexibility index (Phi) is 3.87. The van der Waals surface area contributed by atoms with Gasteiger partial charge in [-0.25, -0.2) is 19.2 Å². The Morgan fingerprint density at radius 1 is 1.26 bits per heavy atom. The maximum Gasteiger partial charge on any atom is 0.325 e. The lowest BCUT2D eigenvalue weighted by Gasteiger charge is -2.05. The molecule has 0 saturated heterocycles. The molecule has 2 N–H and O–H groups in total. The van der Waals surface area contributed by atoms with Gasteiger partial charge in [0.1, 0.15) is 22.2 Å². The van der Waals surface area contributed by atoms with Crippen LogP contribution in [-0.2, 0) is 0 Å². The number of pyridine rings is 1. The summed E-state index contributed by atoms with van der Waals surface area (Å²) < 4.78 is 13.5. The quantitative estimate of drug-likeness (QED) is 0.751. The van der Waals surface area contributed by atoms with E-state index in [1.807, 2.05) is 19.1 Å². The van der Waals surface area contributed by atoms with E-state index < -0.39 is 11.8 Å². The highest BCUT2D eigenvalue weighted by molar-refractivity contribution is 7.21. The van der Waals surface area contributed by atoms with Crippen LogP contribution in [0.15, 0.2) is 30.3 Å². The second-order valence-corrected chi connectivity index (χ2v) is 5.66. The van der Waals surface area contributed by atoms with E-state index in [2.05, 4.69) is 20.6 Å². The van der Waals surface area contributed by atoms with Crippen LogP contribution in [0.2, 0.25) is 0 Å². The van der Waals surface area contributed by atoms with Gasteiger partial charge in [-0.3, -0.25) is 5.32 Å². The zero-order valence-corrected chi connectivity index (χ0v) is 12.7. The third-order valence-electron chi connectivity index (χ3n) is 2.96. The first-order chi connectivity index (χ1) is 11.0. The summed E-state index contributed by atoms with van der Waals surface area (Å²) in [7, 11) is 0.